The maximum atomic E-state index is 4.43. The van der Waals surface area contributed by atoms with Crippen molar-refractivity contribution in [2.75, 3.05) is 5.32 Å². The first kappa shape index (κ1) is 12.2. The van der Waals surface area contributed by atoms with Crippen molar-refractivity contribution in [2.24, 2.45) is 0 Å². The number of aromatic nitrogens is 2. The molecule has 1 N–H and O–H groups in total. The minimum atomic E-state index is 0.644. The number of halogens is 1. The van der Waals surface area contributed by atoms with Crippen LogP contribution in [-0.4, -0.2) is 9.55 Å². The molecule has 0 radical (unpaired) electrons. The fraction of sp³-hybridized carbons (Fsp3) is 0.462. The zero-order chi connectivity index (χ0) is 12.4. The van der Waals surface area contributed by atoms with Crippen LogP contribution in [0.2, 0.25) is 0 Å². The molecular formula is C13H16BrN3S. The number of anilines is 1. The first-order chi connectivity index (χ1) is 8.83. The predicted molar refractivity (Wildman–Crippen MR) is 79.1 cm³/mol. The Morgan fingerprint density at radius 2 is 2.28 bits per heavy atom. The van der Waals surface area contributed by atoms with Gasteiger partial charge in [0.15, 0.2) is 0 Å². The fourth-order valence-corrected chi connectivity index (χ4v) is 3.93. The molecule has 2 aromatic rings. The van der Waals surface area contributed by atoms with Gasteiger partial charge in [0, 0.05) is 33.2 Å². The summed E-state index contributed by atoms with van der Waals surface area (Å²) in [6.45, 7) is 0.847. The number of nitrogens with zero attached hydrogens (tertiary/aromatic N) is 2. The summed E-state index contributed by atoms with van der Waals surface area (Å²) in [6.07, 6.45) is 9.26. The van der Waals surface area contributed by atoms with Gasteiger partial charge in [-0.1, -0.05) is 12.8 Å². The normalized spacial score (nSPS) is 16.3. The molecule has 0 bridgehead atoms. The van der Waals surface area contributed by atoms with E-state index in [1.165, 1.54) is 30.6 Å². The third kappa shape index (κ3) is 2.62. The van der Waals surface area contributed by atoms with Crippen LogP contribution in [0.15, 0.2) is 28.3 Å². The highest BCUT2D eigenvalue weighted by Gasteiger charge is 2.18. The summed E-state index contributed by atoms with van der Waals surface area (Å²) in [5.74, 6) is 1.01. The van der Waals surface area contributed by atoms with Gasteiger partial charge in [0.05, 0.1) is 6.54 Å². The van der Waals surface area contributed by atoms with Crippen molar-refractivity contribution in [1.82, 2.24) is 9.55 Å². The molecule has 2 heterocycles. The van der Waals surface area contributed by atoms with E-state index in [-0.39, 0.29) is 0 Å². The lowest BCUT2D eigenvalue weighted by molar-refractivity contribution is 0.523. The summed E-state index contributed by atoms with van der Waals surface area (Å²) in [4.78, 5) is 5.75. The highest BCUT2D eigenvalue weighted by atomic mass is 79.9. The molecule has 0 aromatic carbocycles. The van der Waals surface area contributed by atoms with Crippen molar-refractivity contribution in [3.8, 4) is 0 Å². The summed E-state index contributed by atoms with van der Waals surface area (Å²) >= 11 is 5.24. The van der Waals surface area contributed by atoms with Crippen LogP contribution in [0.4, 0.5) is 5.95 Å². The van der Waals surface area contributed by atoms with Crippen molar-refractivity contribution in [3.63, 3.8) is 0 Å². The first-order valence-corrected chi connectivity index (χ1v) is 8.00. The average Bonchev–Trinajstić information content (AvgIpc) is 3.07. The molecule has 0 unspecified atom stereocenters. The van der Waals surface area contributed by atoms with Crippen LogP contribution in [0, 0.1) is 0 Å². The number of imidazole rings is 1. The van der Waals surface area contributed by atoms with E-state index in [9.17, 15) is 0 Å². The Morgan fingerprint density at radius 3 is 3.00 bits per heavy atom. The molecule has 0 atom stereocenters. The van der Waals surface area contributed by atoms with Gasteiger partial charge in [0.25, 0.3) is 0 Å². The highest BCUT2D eigenvalue weighted by molar-refractivity contribution is 9.10. The molecule has 2 aromatic heterocycles. The van der Waals surface area contributed by atoms with Gasteiger partial charge in [-0.05, 0) is 34.8 Å². The molecular weight excluding hydrogens is 310 g/mol. The van der Waals surface area contributed by atoms with Crippen LogP contribution < -0.4 is 5.32 Å². The van der Waals surface area contributed by atoms with E-state index in [0.717, 1.165) is 17.0 Å². The minimum absolute atomic E-state index is 0.644. The zero-order valence-corrected chi connectivity index (χ0v) is 12.5. The second-order valence-electron chi connectivity index (χ2n) is 4.68. The van der Waals surface area contributed by atoms with Crippen molar-refractivity contribution in [2.45, 2.75) is 38.3 Å². The molecule has 5 heteroatoms. The Kier molecular flexibility index (Phi) is 3.70. The Balaban J connectivity index is 1.67. The summed E-state index contributed by atoms with van der Waals surface area (Å²) in [5, 5.41) is 5.55. The number of hydrogen-bond donors (Lipinski definition) is 1. The largest absolute Gasteiger partial charge is 0.351 e. The van der Waals surface area contributed by atoms with Crippen LogP contribution in [0.5, 0.6) is 0 Å². The monoisotopic (exact) mass is 325 g/mol. The smallest absolute Gasteiger partial charge is 0.203 e. The summed E-state index contributed by atoms with van der Waals surface area (Å²) < 4.78 is 3.46. The highest BCUT2D eigenvalue weighted by Crippen LogP contribution is 2.31. The molecule has 96 valence electrons. The van der Waals surface area contributed by atoms with Gasteiger partial charge in [-0.15, -0.1) is 11.3 Å². The number of rotatable bonds is 4. The Labute approximate surface area is 119 Å². The Hall–Kier alpha value is -0.810. The zero-order valence-electron chi connectivity index (χ0n) is 10.1. The molecule has 0 amide bonds. The topological polar surface area (TPSA) is 29.9 Å². The van der Waals surface area contributed by atoms with Crippen molar-refractivity contribution < 1.29 is 0 Å². The Morgan fingerprint density at radius 1 is 1.44 bits per heavy atom. The maximum absolute atomic E-state index is 4.43. The van der Waals surface area contributed by atoms with Gasteiger partial charge in [0.2, 0.25) is 5.95 Å². The van der Waals surface area contributed by atoms with E-state index in [4.69, 9.17) is 0 Å². The SMILES string of the molecule is Brc1csc(CNc2nccn2C2CCCC2)c1. The van der Waals surface area contributed by atoms with Gasteiger partial charge < -0.3 is 9.88 Å². The third-order valence-electron chi connectivity index (χ3n) is 3.43. The van der Waals surface area contributed by atoms with E-state index in [1.807, 2.05) is 6.20 Å². The second kappa shape index (κ2) is 5.45. The number of hydrogen-bond acceptors (Lipinski definition) is 3. The molecule has 1 fully saturated rings. The standard InChI is InChI=1S/C13H16BrN3S/c14-10-7-12(18-9-10)8-16-13-15-5-6-17(13)11-3-1-2-4-11/h5-7,9,11H,1-4,8H2,(H,15,16). The molecule has 0 saturated heterocycles. The summed E-state index contributed by atoms with van der Waals surface area (Å²) in [7, 11) is 0. The van der Waals surface area contributed by atoms with Gasteiger partial charge in [-0.2, -0.15) is 0 Å². The predicted octanol–water partition coefficient (Wildman–Crippen LogP) is 4.43. The lowest BCUT2D eigenvalue weighted by Crippen LogP contribution is -2.10. The van der Waals surface area contributed by atoms with Gasteiger partial charge in [-0.3, -0.25) is 0 Å². The molecule has 1 aliphatic carbocycles. The summed E-state index contributed by atoms with van der Waals surface area (Å²) in [5.41, 5.74) is 0. The van der Waals surface area contributed by atoms with Crippen molar-refractivity contribution in [1.29, 1.82) is 0 Å². The fourth-order valence-electron chi connectivity index (χ4n) is 2.54. The van der Waals surface area contributed by atoms with Gasteiger partial charge in [-0.25, -0.2) is 4.98 Å². The maximum Gasteiger partial charge on any atom is 0.203 e. The first-order valence-electron chi connectivity index (χ1n) is 6.32. The third-order valence-corrected chi connectivity index (χ3v) is 5.13. The molecule has 3 rings (SSSR count). The minimum Gasteiger partial charge on any atom is -0.351 e. The quantitative estimate of drug-likeness (QED) is 0.900. The molecule has 18 heavy (non-hydrogen) atoms. The van der Waals surface area contributed by atoms with E-state index in [1.54, 1.807) is 11.3 Å². The van der Waals surface area contributed by atoms with Crippen LogP contribution in [0.3, 0.4) is 0 Å². The van der Waals surface area contributed by atoms with Crippen molar-refractivity contribution >= 4 is 33.2 Å². The van der Waals surface area contributed by atoms with Crippen molar-refractivity contribution in [3.05, 3.63) is 33.2 Å². The van der Waals surface area contributed by atoms with Gasteiger partial charge >= 0.3 is 0 Å². The van der Waals surface area contributed by atoms with Crippen LogP contribution >= 0.6 is 27.3 Å². The molecule has 0 aliphatic heterocycles. The van der Waals surface area contributed by atoms with Crippen LogP contribution in [-0.2, 0) is 6.54 Å². The van der Waals surface area contributed by atoms with E-state index in [2.05, 4.69) is 48.4 Å². The summed E-state index contributed by atoms with van der Waals surface area (Å²) in [6, 6.07) is 2.80. The molecule has 0 spiro atoms. The Bertz CT molecular complexity index is 514. The molecule has 1 saturated carbocycles. The van der Waals surface area contributed by atoms with Gasteiger partial charge in [0.1, 0.15) is 0 Å². The van der Waals surface area contributed by atoms with E-state index in [0.29, 0.717) is 6.04 Å². The average molecular weight is 326 g/mol. The van der Waals surface area contributed by atoms with Crippen LogP contribution in [0.1, 0.15) is 36.6 Å². The molecule has 1 aliphatic rings. The lowest BCUT2D eigenvalue weighted by Gasteiger charge is -2.15. The van der Waals surface area contributed by atoms with E-state index >= 15 is 0 Å². The lowest BCUT2D eigenvalue weighted by atomic mass is 10.2. The number of nitrogens with one attached hydrogen (secondary N) is 1. The molecule has 3 nitrogen and oxygen atoms in total. The number of thiophene rings is 1. The second-order valence-corrected chi connectivity index (χ2v) is 6.59. The van der Waals surface area contributed by atoms with E-state index < -0.39 is 0 Å². The van der Waals surface area contributed by atoms with Crippen LogP contribution in [0.25, 0.3) is 0 Å².